The van der Waals surface area contributed by atoms with E-state index in [0.717, 1.165) is 44.3 Å². The van der Waals surface area contributed by atoms with E-state index in [4.69, 9.17) is 13.8 Å². The minimum absolute atomic E-state index is 0. The van der Waals surface area contributed by atoms with Crippen molar-refractivity contribution in [3.63, 3.8) is 0 Å². The van der Waals surface area contributed by atoms with E-state index in [0.29, 0.717) is 28.2 Å². The van der Waals surface area contributed by atoms with Crippen molar-refractivity contribution >= 4 is 54.6 Å². The van der Waals surface area contributed by atoms with Gasteiger partial charge in [0.15, 0.2) is 0 Å². The van der Waals surface area contributed by atoms with E-state index in [-0.39, 0.29) is 26.5 Å². The van der Waals surface area contributed by atoms with Gasteiger partial charge in [0.05, 0.1) is 33.2 Å². The van der Waals surface area contributed by atoms with Gasteiger partial charge < -0.3 is 23.0 Å². The molecule has 6 aromatic carbocycles. The molecule has 0 unspecified atom stereocenters. The van der Waals surface area contributed by atoms with Crippen LogP contribution in [-0.4, -0.2) is 18.7 Å². The van der Waals surface area contributed by atoms with E-state index in [2.05, 4.69) is 133 Å². The fraction of sp³-hybridized carbons (Fsp3) is 0.106. The molecule has 10 rings (SSSR count). The molecule has 4 heterocycles. The Hall–Kier alpha value is -5.97. The molecule has 7 heteroatoms. The summed E-state index contributed by atoms with van der Waals surface area (Å²) in [4.78, 5) is 4.90. The number of rotatable bonds is 5. The van der Waals surface area contributed by atoms with E-state index in [9.17, 15) is 0 Å². The maximum atomic E-state index is 8.07. The molecule has 0 saturated carbocycles. The van der Waals surface area contributed by atoms with Gasteiger partial charge >= 0.3 is 0 Å². The third-order valence-electron chi connectivity index (χ3n) is 10.1. The average molecular weight is 884 g/mol. The standard InChI is InChI=1S/C47H35N5O.Pt/c1-47(2,3)31-24-25-48-46(26-31)52-42-23-20-33(51-40-16-7-5-14-36(40)37-15-6-8-17-41(37)51)28-39(42)38-22-21-35(29-45(38)52)53-34-13-11-12-32(27-34)50-30-49(4)43-18-9-10-19-44(43)50;/h5-26,28H,1-4H3;/q-2;/i4D3;. The van der Waals surface area contributed by atoms with Gasteiger partial charge in [0.25, 0.3) is 0 Å². The predicted octanol–water partition coefficient (Wildman–Crippen LogP) is 10.5. The third-order valence-corrected chi connectivity index (χ3v) is 10.1. The quantitative estimate of drug-likeness (QED) is 0.128. The molecular formula is C47H35N5OPt-2. The number of para-hydroxylation sites is 4. The monoisotopic (exact) mass is 883 g/mol. The fourth-order valence-electron chi connectivity index (χ4n) is 7.54. The largest absolute Gasteiger partial charge is 0.510 e. The van der Waals surface area contributed by atoms with Gasteiger partial charge in [0.1, 0.15) is 5.82 Å². The number of hydrogen-bond acceptors (Lipinski definition) is 2. The number of fused-ring (bicyclic) bond motifs is 7. The number of nitrogens with zero attached hydrogens (tertiary/aromatic N) is 5. The van der Waals surface area contributed by atoms with E-state index in [1.54, 1.807) is 10.6 Å². The predicted molar refractivity (Wildman–Crippen MR) is 213 cm³/mol. The molecule has 0 aliphatic rings. The number of pyridine rings is 1. The van der Waals surface area contributed by atoms with E-state index in [1.165, 1.54) is 20.9 Å². The second-order valence-corrected chi connectivity index (χ2v) is 14.4. The molecule has 4 aromatic heterocycles. The van der Waals surface area contributed by atoms with Gasteiger partial charge in [-0.25, -0.2) is 4.98 Å². The topological polar surface area (TPSA) is 40.8 Å². The number of imidazole rings is 1. The zero-order valence-corrected chi connectivity index (χ0v) is 32.0. The average Bonchev–Trinajstić information content (AvgIpc) is 3.86. The van der Waals surface area contributed by atoms with Crippen LogP contribution in [0.2, 0.25) is 0 Å². The normalized spacial score (nSPS) is 13.0. The Balaban J connectivity index is 0.00000422. The molecule has 0 aliphatic carbocycles. The Morgan fingerprint density at radius 1 is 0.648 bits per heavy atom. The van der Waals surface area contributed by atoms with Crippen molar-refractivity contribution in [1.82, 2.24) is 18.7 Å². The molecule has 10 aromatic rings. The fourth-order valence-corrected chi connectivity index (χ4v) is 7.54. The van der Waals surface area contributed by atoms with Crippen LogP contribution in [0.3, 0.4) is 0 Å². The Kier molecular flexibility index (Phi) is 7.26. The maximum Gasteiger partial charge on any atom is 0.242 e. The van der Waals surface area contributed by atoms with Crippen molar-refractivity contribution in [2.75, 3.05) is 0 Å². The summed E-state index contributed by atoms with van der Waals surface area (Å²) in [7, 11) is 0. The SMILES string of the molecule is [2H]C([2H])([2H])[n+]1[c-]n(-c2[c-]c(Oc3[c-]c4c(cc3)c3cc(-n5c6ccccc6c6ccccc65)ccc3n4-c3cc(C(C)(C)C)ccn3)ccc2)c2ccccc21.[Pt]. The summed E-state index contributed by atoms with van der Waals surface area (Å²) < 4.78 is 38.1. The molecule has 54 heavy (non-hydrogen) atoms. The number of ether oxygens (including phenoxy) is 1. The van der Waals surface area contributed by atoms with Crippen LogP contribution >= 0.6 is 0 Å². The summed E-state index contributed by atoms with van der Waals surface area (Å²) in [6.07, 6.45) is 4.89. The van der Waals surface area contributed by atoms with Crippen molar-refractivity contribution in [2.24, 2.45) is 6.98 Å². The maximum absolute atomic E-state index is 8.07. The first-order valence-corrected chi connectivity index (χ1v) is 17.6. The van der Waals surface area contributed by atoms with Gasteiger partial charge in [-0.05, 0) is 58.8 Å². The Morgan fingerprint density at radius 2 is 1.35 bits per heavy atom. The summed E-state index contributed by atoms with van der Waals surface area (Å²) in [5.41, 5.74) is 8.12. The van der Waals surface area contributed by atoms with Crippen LogP contribution < -0.4 is 9.30 Å². The molecule has 0 atom stereocenters. The molecule has 0 N–H and O–H groups in total. The van der Waals surface area contributed by atoms with Crippen LogP contribution in [0.5, 0.6) is 11.5 Å². The zero-order valence-electron chi connectivity index (χ0n) is 32.7. The summed E-state index contributed by atoms with van der Waals surface area (Å²) in [6.45, 7) is 4.22. The smallest absolute Gasteiger partial charge is 0.242 e. The first-order valence-electron chi connectivity index (χ1n) is 19.1. The number of benzene rings is 6. The van der Waals surface area contributed by atoms with Crippen LogP contribution in [0.4, 0.5) is 0 Å². The van der Waals surface area contributed by atoms with Crippen molar-refractivity contribution in [3.05, 3.63) is 164 Å². The second kappa shape index (κ2) is 12.9. The van der Waals surface area contributed by atoms with Gasteiger partial charge in [-0.1, -0.05) is 92.6 Å². The Bertz CT molecular complexity index is 3120. The van der Waals surface area contributed by atoms with Gasteiger partial charge in [-0.15, -0.1) is 29.7 Å². The molecule has 0 bridgehead atoms. The van der Waals surface area contributed by atoms with Gasteiger partial charge in [-0.3, -0.25) is 0 Å². The first-order chi connectivity index (χ1) is 27.0. The minimum Gasteiger partial charge on any atom is -0.510 e. The first kappa shape index (κ1) is 30.5. The molecule has 0 fully saturated rings. The summed E-state index contributed by atoms with van der Waals surface area (Å²) >= 11 is 0. The van der Waals surface area contributed by atoms with E-state index >= 15 is 0 Å². The number of hydrogen-bond donors (Lipinski definition) is 0. The molecule has 0 radical (unpaired) electrons. The zero-order chi connectivity index (χ0) is 38.3. The van der Waals surface area contributed by atoms with Crippen LogP contribution in [0.1, 0.15) is 30.4 Å². The summed E-state index contributed by atoms with van der Waals surface area (Å²) in [5, 5.41) is 4.50. The summed E-state index contributed by atoms with van der Waals surface area (Å²) in [5.74, 6) is 1.75. The van der Waals surface area contributed by atoms with E-state index in [1.807, 2.05) is 48.7 Å². The van der Waals surface area contributed by atoms with Crippen LogP contribution in [0.15, 0.2) is 140 Å². The minimum atomic E-state index is -2.40. The third kappa shape index (κ3) is 5.44. The molecule has 0 spiro atoms. The number of aromatic nitrogens is 5. The van der Waals surface area contributed by atoms with Crippen molar-refractivity contribution < 1.29 is 34.5 Å². The number of aryl methyl sites for hydroxylation is 1. The van der Waals surface area contributed by atoms with Crippen molar-refractivity contribution in [1.29, 1.82) is 0 Å². The molecule has 6 nitrogen and oxygen atoms in total. The van der Waals surface area contributed by atoms with Crippen molar-refractivity contribution in [3.8, 4) is 28.7 Å². The molecule has 0 aliphatic heterocycles. The van der Waals surface area contributed by atoms with Crippen LogP contribution in [-0.2, 0) is 33.5 Å². The second-order valence-electron chi connectivity index (χ2n) is 14.4. The van der Waals surface area contributed by atoms with E-state index < -0.39 is 6.98 Å². The molecule has 0 amide bonds. The van der Waals surface area contributed by atoms with Gasteiger partial charge in [0.2, 0.25) is 6.33 Å². The molecular weight excluding hydrogens is 846 g/mol. The van der Waals surface area contributed by atoms with Gasteiger partial charge in [0, 0.05) is 60.7 Å². The molecule has 0 saturated heterocycles. The van der Waals surface area contributed by atoms with Crippen LogP contribution in [0, 0.1) is 18.5 Å². The van der Waals surface area contributed by atoms with Gasteiger partial charge in [-0.2, -0.15) is 18.2 Å². The van der Waals surface area contributed by atoms with Crippen molar-refractivity contribution in [2.45, 2.75) is 26.2 Å². The molecule has 266 valence electrons. The van der Waals surface area contributed by atoms with Crippen LogP contribution in [0.25, 0.3) is 71.8 Å². The summed E-state index contributed by atoms with van der Waals surface area (Å²) in [6, 6.07) is 51.7. The Morgan fingerprint density at radius 3 is 2.11 bits per heavy atom. The Labute approximate surface area is 332 Å².